The van der Waals surface area contributed by atoms with Crippen LogP contribution in [0.4, 0.5) is 0 Å². The summed E-state index contributed by atoms with van der Waals surface area (Å²) in [5, 5.41) is 1.02. The SMILES string of the molecule is CCOc1cc2c(cc1/C=C/C(=O)N(C)C(C)c1sc(C)nc1C)OC(C)C2. The number of likely N-dealkylation sites (N-methyl/N-ethyl adjacent to an activating group) is 1. The Balaban J connectivity index is 1.80. The Hall–Kier alpha value is -2.34. The number of carbonyl (C=O) groups excluding carboxylic acids is 1. The summed E-state index contributed by atoms with van der Waals surface area (Å²) in [6.07, 6.45) is 4.46. The first kappa shape index (κ1) is 20.4. The monoisotopic (exact) mass is 400 g/mol. The average Bonchev–Trinajstić information content (AvgIpc) is 3.18. The number of aromatic nitrogens is 1. The molecule has 6 heteroatoms. The Kier molecular flexibility index (Phi) is 6.08. The molecule has 150 valence electrons. The fourth-order valence-corrected chi connectivity index (χ4v) is 4.47. The standard InChI is InChI=1S/C22H28N2O3S/c1-7-26-19-12-18-10-13(2)27-20(18)11-17(19)8-9-21(25)24(6)15(4)22-14(3)23-16(5)28-22/h8-9,11-13,15H,7,10H2,1-6H3/b9-8+. The van der Waals surface area contributed by atoms with Crippen molar-refractivity contribution in [1.29, 1.82) is 0 Å². The molecule has 0 spiro atoms. The van der Waals surface area contributed by atoms with Crippen LogP contribution in [-0.4, -0.2) is 35.5 Å². The molecular formula is C22H28N2O3S. The number of benzene rings is 1. The highest BCUT2D eigenvalue weighted by molar-refractivity contribution is 7.11. The molecule has 1 amide bonds. The van der Waals surface area contributed by atoms with Gasteiger partial charge in [-0.3, -0.25) is 4.79 Å². The van der Waals surface area contributed by atoms with Crippen molar-refractivity contribution in [2.24, 2.45) is 0 Å². The second-order valence-corrected chi connectivity index (χ2v) is 8.44. The van der Waals surface area contributed by atoms with Crippen LogP contribution in [0.1, 0.15) is 53.5 Å². The molecule has 0 fully saturated rings. The summed E-state index contributed by atoms with van der Waals surface area (Å²) in [5.74, 6) is 1.60. The van der Waals surface area contributed by atoms with Crippen LogP contribution >= 0.6 is 11.3 Å². The molecule has 1 aliphatic heterocycles. The highest BCUT2D eigenvalue weighted by atomic mass is 32.1. The number of rotatable bonds is 6. The fraction of sp³-hybridized carbons (Fsp3) is 0.455. The molecule has 28 heavy (non-hydrogen) atoms. The number of thiazole rings is 1. The topological polar surface area (TPSA) is 51.7 Å². The second-order valence-electron chi connectivity index (χ2n) is 7.20. The van der Waals surface area contributed by atoms with E-state index in [0.29, 0.717) is 6.61 Å². The second kappa shape index (κ2) is 8.35. The number of aryl methyl sites for hydroxylation is 2. The predicted octanol–water partition coefficient (Wildman–Crippen LogP) is 4.71. The van der Waals surface area contributed by atoms with Gasteiger partial charge >= 0.3 is 0 Å². The maximum absolute atomic E-state index is 12.8. The number of fused-ring (bicyclic) bond motifs is 1. The molecule has 2 aromatic rings. The Morgan fingerprint density at radius 2 is 2.21 bits per heavy atom. The molecule has 0 saturated heterocycles. The van der Waals surface area contributed by atoms with E-state index in [-0.39, 0.29) is 18.1 Å². The summed E-state index contributed by atoms with van der Waals surface area (Å²) in [5.41, 5.74) is 3.00. The summed E-state index contributed by atoms with van der Waals surface area (Å²) < 4.78 is 11.6. The lowest BCUT2D eigenvalue weighted by atomic mass is 10.1. The van der Waals surface area contributed by atoms with Crippen molar-refractivity contribution in [3.8, 4) is 11.5 Å². The molecule has 0 aliphatic carbocycles. The molecule has 1 aromatic carbocycles. The fourth-order valence-electron chi connectivity index (χ4n) is 3.45. The summed E-state index contributed by atoms with van der Waals surface area (Å²) in [6, 6.07) is 3.97. The van der Waals surface area contributed by atoms with Crippen molar-refractivity contribution in [3.05, 3.63) is 44.9 Å². The van der Waals surface area contributed by atoms with Gasteiger partial charge in [-0.2, -0.15) is 0 Å². The molecule has 1 aromatic heterocycles. The van der Waals surface area contributed by atoms with E-state index >= 15 is 0 Å². The van der Waals surface area contributed by atoms with Crippen molar-refractivity contribution in [1.82, 2.24) is 9.88 Å². The van der Waals surface area contributed by atoms with E-state index in [4.69, 9.17) is 9.47 Å². The Morgan fingerprint density at radius 3 is 2.86 bits per heavy atom. The molecule has 0 saturated carbocycles. The van der Waals surface area contributed by atoms with Gasteiger partial charge in [-0.25, -0.2) is 4.98 Å². The number of ether oxygens (including phenoxy) is 2. The highest BCUT2D eigenvalue weighted by Crippen LogP contribution is 2.36. The molecule has 3 rings (SSSR count). The van der Waals surface area contributed by atoms with Gasteiger partial charge < -0.3 is 14.4 Å². The number of amides is 1. The Morgan fingerprint density at radius 1 is 1.46 bits per heavy atom. The van der Waals surface area contributed by atoms with Crippen LogP contribution in [0.3, 0.4) is 0 Å². The van der Waals surface area contributed by atoms with Gasteiger partial charge in [-0.15, -0.1) is 11.3 Å². The molecule has 0 bridgehead atoms. The van der Waals surface area contributed by atoms with Gasteiger partial charge in [0.1, 0.15) is 17.6 Å². The zero-order chi connectivity index (χ0) is 20.4. The van der Waals surface area contributed by atoms with Crippen LogP contribution in [-0.2, 0) is 11.2 Å². The first-order chi connectivity index (χ1) is 13.3. The largest absolute Gasteiger partial charge is 0.493 e. The molecule has 2 unspecified atom stereocenters. The summed E-state index contributed by atoms with van der Waals surface area (Å²) in [7, 11) is 1.82. The minimum absolute atomic E-state index is 0.0288. The number of hydrogen-bond donors (Lipinski definition) is 0. The van der Waals surface area contributed by atoms with Crippen molar-refractivity contribution in [2.45, 2.75) is 53.2 Å². The molecule has 1 aliphatic rings. The van der Waals surface area contributed by atoms with Gasteiger partial charge in [-0.05, 0) is 52.8 Å². The van der Waals surface area contributed by atoms with Crippen LogP contribution in [0.15, 0.2) is 18.2 Å². The van der Waals surface area contributed by atoms with Crippen LogP contribution in [0.25, 0.3) is 6.08 Å². The first-order valence-electron chi connectivity index (χ1n) is 9.65. The smallest absolute Gasteiger partial charge is 0.246 e. The lowest BCUT2D eigenvalue weighted by molar-refractivity contribution is -0.126. The third-order valence-corrected chi connectivity index (χ3v) is 6.22. The summed E-state index contributed by atoms with van der Waals surface area (Å²) in [4.78, 5) is 20.1. The number of nitrogens with zero attached hydrogens (tertiary/aromatic N) is 2. The lowest BCUT2D eigenvalue weighted by Gasteiger charge is -2.23. The minimum Gasteiger partial charge on any atom is -0.493 e. The quantitative estimate of drug-likeness (QED) is 0.659. The first-order valence-corrected chi connectivity index (χ1v) is 10.5. The van der Waals surface area contributed by atoms with Gasteiger partial charge in [0.15, 0.2) is 0 Å². The zero-order valence-electron chi connectivity index (χ0n) is 17.4. The molecular weight excluding hydrogens is 372 g/mol. The van der Waals surface area contributed by atoms with E-state index in [2.05, 4.69) is 11.9 Å². The van der Waals surface area contributed by atoms with Gasteiger partial charge in [0, 0.05) is 35.5 Å². The zero-order valence-corrected chi connectivity index (χ0v) is 18.2. The van der Waals surface area contributed by atoms with E-state index in [9.17, 15) is 4.79 Å². The van der Waals surface area contributed by atoms with Crippen LogP contribution < -0.4 is 9.47 Å². The van der Waals surface area contributed by atoms with E-state index in [0.717, 1.165) is 44.6 Å². The van der Waals surface area contributed by atoms with Crippen molar-refractivity contribution in [3.63, 3.8) is 0 Å². The lowest BCUT2D eigenvalue weighted by Crippen LogP contribution is -2.27. The Labute approximate surface area is 171 Å². The van der Waals surface area contributed by atoms with E-state index in [1.807, 2.05) is 53.0 Å². The van der Waals surface area contributed by atoms with E-state index in [1.165, 1.54) is 0 Å². The van der Waals surface area contributed by atoms with Gasteiger partial charge in [0.05, 0.1) is 23.4 Å². The van der Waals surface area contributed by atoms with Gasteiger partial charge in [-0.1, -0.05) is 0 Å². The average molecular weight is 401 g/mol. The molecule has 5 nitrogen and oxygen atoms in total. The van der Waals surface area contributed by atoms with Crippen LogP contribution in [0.2, 0.25) is 0 Å². The minimum atomic E-state index is -0.0600. The number of carbonyl (C=O) groups is 1. The van der Waals surface area contributed by atoms with Crippen molar-refractivity contribution < 1.29 is 14.3 Å². The normalized spacial score (nSPS) is 16.7. The predicted molar refractivity (Wildman–Crippen MR) is 113 cm³/mol. The molecule has 0 radical (unpaired) electrons. The molecule has 0 N–H and O–H groups in total. The van der Waals surface area contributed by atoms with Gasteiger partial charge in [0.2, 0.25) is 5.91 Å². The van der Waals surface area contributed by atoms with Crippen molar-refractivity contribution in [2.75, 3.05) is 13.7 Å². The maximum atomic E-state index is 12.8. The molecule has 2 heterocycles. The van der Waals surface area contributed by atoms with Crippen molar-refractivity contribution >= 4 is 23.3 Å². The van der Waals surface area contributed by atoms with Gasteiger partial charge in [0.25, 0.3) is 0 Å². The Bertz CT molecular complexity index is 903. The summed E-state index contributed by atoms with van der Waals surface area (Å²) >= 11 is 1.64. The highest BCUT2D eigenvalue weighted by Gasteiger charge is 2.22. The van der Waals surface area contributed by atoms with E-state index < -0.39 is 0 Å². The number of hydrogen-bond acceptors (Lipinski definition) is 5. The third-order valence-electron chi connectivity index (χ3n) is 4.98. The molecule has 2 atom stereocenters. The van der Waals surface area contributed by atoms with Crippen LogP contribution in [0, 0.1) is 13.8 Å². The maximum Gasteiger partial charge on any atom is 0.246 e. The van der Waals surface area contributed by atoms with E-state index in [1.54, 1.807) is 22.3 Å². The van der Waals surface area contributed by atoms with Crippen LogP contribution in [0.5, 0.6) is 11.5 Å². The third kappa shape index (κ3) is 4.22. The summed E-state index contributed by atoms with van der Waals surface area (Å²) in [6.45, 7) is 10.6.